The van der Waals surface area contributed by atoms with Crippen LogP contribution in [0.1, 0.15) is 50.2 Å². The van der Waals surface area contributed by atoms with Gasteiger partial charge in [-0.05, 0) is 42.0 Å². The lowest BCUT2D eigenvalue weighted by Gasteiger charge is -2.43. The molecule has 1 heterocycles. The number of halogens is 1. The zero-order valence-electron chi connectivity index (χ0n) is 17.6. The minimum Gasteiger partial charge on any atom is -0.294 e. The van der Waals surface area contributed by atoms with Crippen LogP contribution >= 0.6 is 11.6 Å². The third-order valence-electron chi connectivity index (χ3n) is 6.09. The van der Waals surface area contributed by atoms with Gasteiger partial charge in [0.05, 0.1) is 10.6 Å². The van der Waals surface area contributed by atoms with Crippen molar-refractivity contribution < 1.29 is 14.5 Å². The van der Waals surface area contributed by atoms with Crippen molar-refractivity contribution >= 4 is 34.7 Å². The molecule has 0 saturated heterocycles. The van der Waals surface area contributed by atoms with Gasteiger partial charge < -0.3 is 0 Å². The number of nitro groups is 1. The molecule has 1 amide bonds. The molecule has 160 valence electrons. The summed E-state index contributed by atoms with van der Waals surface area (Å²) in [7, 11) is 0. The molecule has 1 aliphatic heterocycles. The molecule has 1 aliphatic carbocycles. The number of amides is 1. The lowest BCUT2D eigenvalue weighted by molar-refractivity contribution is -0.384. The smallest absolute Gasteiger partial charge is 0.289 e. The molecule has 1 unspecified atom stereocenters. The van der Waals surface area contributed by atoms with E-state index in [4.69, 9.17) is 11.6 Å². The van der Waals surface area contributed by atoms with E-state index in [2.05, 4.69) is 0 Å². The molecule has 4 rings (SSSR count). The van der Waals surface area contributed by atoms with E-state index in [-0.39, 0.29) is 40.2 Å². The molecule has 1 atom stereocenters. The molecular weight excluding hydrogens is 416 g/mol. The van der Waals surface area contributed by atoms with E-state index in [9.17, 15) is 19.7 Å². The number of hydrogen-bond acceptors (Lipinski definition) is 4. The first-order valence-corrected chi connectivity index (χ1v) is 10.6. The number of carbonyl (C=O) groups excluding carboxylic acids is 2. The van der Waals surface area contributed by atoms with E-state index < -0.39 is 4.92 Å². The molecule has 0 aromatic heterocycles. The number of carbonyl (C=O) groups is 2. The molecule has 0 fully saturated rings. The molecule has 7 heteroatoms. The first kappa shape index (κ1) is 21.2. The average molecular weight is 439 g/mol. The average Bonchev–Trinajstić information content (AvgIpc) is 2.67. The Morgan fingerprint density at radius 3 is 2.52 bits per heavy atom. The van der Waals surface area contributed by atoms with Crippen molar-refractivity contribution in [3.63, 3.8) is 0 Å². The number of benzene rings is 2. The van der Waals surface area contributed by atoms with Gasteiger partial charge in [0, 0.05) is 36.1 Å². The van der Waals surface area contributed by atoms with Crippen LogP contribution in [0.5, 0.6) is 0 Å². The van der Waals surface area contributed by atoms with Gasteiger partial charge in [-0.2, -0.15) is 0 Å². The highest BCUT2D eigenvalue weighted by Gasteiger charge is 2.44. The first-order chi connectivity index (χ1) is 14.6. The fourth-order valence-electron chi connectivity index (χ4n) is 4.74. The van der Waals surface area contributed by atoms with Gasteiger partial charge in [0.1, 0.15) is 5.02 Å². The van der Waals surface area contributed by atoms with Crippen molar-refractivity contribution in [1.82, 2.24) is 0 Å². The minimum absolute atomic E-state index is 0.00486. The maximum atomic E-state index is 13.4. The summed E-state index contributed by atoms with van der Waals surface area (Å²) in [5, 5.41) is 11.4. The van der Waals surface area contributed by atoms with Gasteiger partial charge in [-0.3, -0.25) is 24.6 Å². The molecule has 0 spiro atoms. The number of aryl methyl sites for hydroxylation is 1. The summed E-state index contributed by atoms with van der Waals surface area (Å²) in [5.74, 6) is -0.472. The number of hydrogen-bond donors (Lipinski definition) is 0. The van der Waals surface area contributed by atoms with Crippen LogP contribution in [0, 0.1) is 22.5 Å². The Kier molecular flexibility index (Phi) is 5.21. The molecule has 0 N–H and O–H groups in total. The highest BCUT2D eigenvalue weighted by atomic mass is 35.5. The van der Waals surface area contributed by atoms with E-state index in [0.717, 1.165) is 11.1 Å². The predicted octanol–water partition coefficient (Wildman–Crippen LogP) is 5.72. The Morgan fingerprint density at radius 1 is 1.13 bits per heavy atom. The van der Waals surface area contributed by atoms with Crippen LogP contribution in [0.3, 0.4) is 0 Å². The minimum atomic E-state index is -0.568. The number of anilines is 1. The van der Waals surface area contributed by atoms with Crippen molar-refractivity contribution in [2.45, 2.75) is 46.0 Å². The van der Waals surface area contributed by atoms with Crippen LogP contribution in [0.25, 0.3) is 0 Å². The normalized spacial score (nSPS) is 20.6. The van der Waals surface area contributed by atoms with Gasteiger partial charge in [-0.25, -0.2) is 0 Å². The first-order valence-electron chi connectivity index (χ1n) is 10.2. The zero-order valence-corrected chi connectivity index (χ0v) is 18.4. The largest absolute Gasteiger partial charge is 0.294 e. The number of Topliss-reactive ketones (excluding diaryl/α,β-unsaturated/α-hetero) is 1. The molecule has 2 aliphatic rings. The Morgan fingerprint density at radius 2 is 1.84 bits per heavy atom. The van der Waals surface area contributed by atoms with E-state index in [1.807, 2.05) is 45.0 Å². The van der Waals surface area contributed by atoms with Crippen molar-refractivity contribution in [3.05, 3.63) is 80.0 Å². The number of nitro benzene ring substituents is 1. The SMILES string of the molecule is Cc1ccccc1C1CC(=O)N(c2ccc(Cl)c([N+](=O)[O-])c2)C2=C1C(=O)CC(C)(C)C2. The number of nitrogens with zero attached hydrogens (tertiary/aromatic N) is 2. The molecule has 0 saturated carbocycles. The molecule has 0 radical (unpaired) electrons. The van der Waals surface area contributed by atoms with Crippen LogP contribution in [-0.2, 0) is 9.59 Å². The number of ketones is 1. The van der Waals surface area contributed by atoms with E-state index >= 15 is 0 Å². The van der Waals surface area contributed by atoms with Crippen molar-refractivity contribution in [2.24, 2.45) is 5.41 Å². The Hall–Kier alpha value is -2.99. The highest BCUT2D eigenvalue weighted by Crippen LogP contribution is 2.49. The standard InChI is InChI=1S/C24H23ClN2O4/c1-14-6-4-5-7-16(14)17-11-22(29)26(15-8-9-18(25)19(10-15)27(30)31)20-12-24(2,3)13-21(28)23(17)20/h4-10,17H,11-13H2,1-3H3. The monoisotopic (exact) mass is 438 g/mol. The third kappa shape index (κ3) is 3.76. The summed E-state index contributed by atoms with van der Waals surface area (Å²) < 4.78 is 0. The fraction of sp³-hybridized carbons (Fsp3) is 0.333. The van der Waals surface area contributed by atoms with Crippen LogP contribution < -0.4 is 4.90 Å². The van der Waals surface area contributed by atoms with Crippen LogP contribution in [-0.4, -0.2) is 16.6 Å². The maximum absolute atomic E-state index is 13.4. The molecule has 2 aromatic carbocycles. The second-order valence-corrected chi connectivity index (χ2v) is 9.44. The summed E-state index contributed by atoms with van der Waals surface area (Å²) in [6.07, 6.45) is 1.06. The van der Waals surface area contributed by atoms with Gasteiger partial charge in [0.25, 0.3) is 5.69 Å². The number of rotatable bonds is 3. The van der Waals surface area contributed by atoms with E-state index in [0.29, 0.717) is 29.8 Å². The fourth-order valence-corrected chi connectivity index (χ4v) is 4.92. The summed E-state index contributed by atoms with van der Waals surface area (Å²) in [4.78, 5) is 39.1. The molecule has 6 nitrogen and oxygen atoms in total. The second-order valence-electron chi connectivity index (χ2n) is 9.04. The summed E-state index contributed by atoms with van der Waals surface area (Å²) in [5.41, 5.74) is 3.06. The Bertz CT molecular complexity index is 1150. The van der Waals surface area contributed by atoms with Crippen LogP contribution in [0.15, 0.2) is 53.7 Å². The summed E-state index contributed by atoms with van der Waals surface area (Å²) in [6, 6.07) is 12.1. The quantitative estimate of drug-likeness (QED) is 0.453. The Balaban J connectivity index is 1.93. The van der Waals surface area contributed by atoms with Gasteiger partial charge >= 0.3 is 0 Å². The Labute approximate surface area is 185 Å². The lowest BCUT2D eigenvalue weighted by Crippen LogP contribution is -2.43. The second kappa shape index (κ2) is 7.61. The van der Waals surface area contributed by atoms with Crippen LogP contribution in [0.4, 0.5) is 11.4 Å². The zero-order chi connectivity index (χ0) is 22.5. The van der Waals surface area contributed by atoms with Crippen molar-refractivity contribution in [3.8, 4) is 0 Å². The topological polar surface area (TPSA) is 80.5 Å². The van der Waals surface area contributed by atoms with Gasteiger partial charge in [0.15, 0.2) is 5.78 Å². The third-order valence-corrected chi connectivity index (χ3v) is 6.41. The molecule has 0 bridgehead atoms. The lowest BCUT2D eigenvalue weighted by atomic mass is 9.69. The highest BCUT2D eigenvalue weighted by molar-refractivity contribution is 6.32. The van der Waals surface area contributed by atoms with E-state index in [1.165, 1.54) is 17.0 Å². The van der Waals surface area contributed by atoms with Crippen LogP contribution in [0.2, 0.25) is 5.02 Å². The predicted molar refractivity (Wildman–Crippen MR) is 119 cm³/mol. The van der Waals surface area contributed by atoms with Crippen molar-refractivity contribution in [2.75, 3.05) is 4.90 Å². The molecule has 31 heavy (non-hydrogen) atoms. The number of allylic oxidation sites excluding steroid dienone is 2. The van der Waals surface area contributed by atoms with Gasteiger partial charge in [-0.15, -0.1) is 0 Å². The maximum Gasteiger partial charge on any atom is 0.289 e. The van der Waals surface area contributed by atoms with Crippen molar-refractivity contribution in [1.29, 1.82) is 0 Å². The summed E-state index contributed by atoms with van der Waals surface area (Å²) >= 11 is 5.98. The molecular formula is C24H23ClN2O4. The van der Waals surface area contributed by atoms with Gasteiger partial charge in [0.2, 0.25) is 5.91 Å². The van der Waals surface area contributed by atoms with E-state index in [1.54, 1.807) is 6.07 Å². The molecule has 2 aromatic rings. The summed E-state index contributed by atoms with van der Waals surface area (Å²) in [6.45, 7) is 5.98. The van der Waals surface area contributed by atoms with Gasteiger partial charge in [-0.1, -0.05) is 49.7 Å².